The molecule has 1 aliphatic carbocycles. The number of carbonyl (C=O) groups is 5. The minimum absolute atomic E-state index is 0.0957. The number of esters is 1. The molecule has 0 saturated carbocycles. The van der Waals surface area contributed by atoms with Gasteiger partial charge in [0.2, 0.25) is 11.8 Å². The molecule has 1 N–H and O–H groups in total. The summed E-state index contributed by atoms with van der Waals surface area (Å²) in [6.45, 7) is 0.766. The maximum Gasteiger partial charge on any atom is 0.329 e. The number of carbonyl (C=O) groups excluding carboxylic acids is 5. The number of benzene rings is 1. The van der Waals surface area contributed by atoms with Crippen molar-refractivity contribution in [2.45, 2.75) is 25.8 Å². The number of anilines is 1. The van der Waals surface area contributed by atoms with Crippen LogP contribution in [-0.4, -0.2) is 53.6 Å². The second-order valence-corrected chi connectivity index (χ2v) is 7.46. The minimum Gasteiger partial charge on any atom is -0.482 e. The van der Waals surface area contributed by atoms with Crippen LogP contribution in [0.1, 0.15) is 30.1 Å². The van der Waals surface area contributed by atoms with Crippen molar-refractivity contribution in [2.24, 2.45) is 11.8 Å². The molecule has 30 heavy (non-hydrogen) atoms. The molecule has 2 aliphatic heterocycles. The number of amides is 3. The van der Waals surface area contributed by atoms with Crippen molar-refractivity contribution < 1.29 is 33.4 Å². The number of hydrogen-bond acceptors (Lipinski definition) is 7. The van der Waals surface area contributed by atoms with Crippen molar-refractivity contribution in [2.75, 3.05) is 18.5 Å². The Morgan fingerprint density at radius 2 is 1.83 bits per heavy atom. The lowest BCUT2D eigenvalue weighted by molar-refractivity contribution is -0.157. The number of nitrogens with zero attached hydrogens (tertiary/aromatic N) is 1. The summed E-state index contributed by atoms with van der Waals surface area (Å²) >= 11 is 0. The largest absolute Gasteiger partial charge is 0.482 e. The van der Waals surface area contributed by atoms with Crippen molar-refractivity contribution in [1.82, 2.24) is 4.90 Å². The highest BCUT2D eigenvalue weighted by atomic mass is 16.5. The summed E-state index contributed by atoms with van der Waals surface area (Å²) < 4.78 is 10.3. The van der Waals surface area contributed by atoms with E-state index >= 15 is 0 Å². The Morgan fingerprint density at radius 3 is 2.50 bits per heavy atom. The van der Waals surface area contributed by atoms with Crippen LogP contribution in [0.5, 0.6) is 5.75 Å². The van der Waals surface area contributed by atoms with Crippen molar-refractivity contribution in [3.63, 3.8) is 0 Å². The van der Waals surface area contributed by atoms with E-state index in [1.807, 2.05) is 12.2 Å². The Hall–Kier alpha value is -3.49. The van der Waals surface area contributed by atoms with Gasteiger partial charge >= 0.3 is 5.97 Å². The Bertz CT molecular complexity index is 958. The van der Waals surface area contributed by atoms with E-state index in [0.29, 0.717) is 24.3 Å². The number of likely N-dealkylation sites (tertiary alicyclic amines) is 1. The van der Waals surface area contributed by atoms with Crippen LogP contribution in [0.25, 0.3) is 0 Å². The highest BCUT2D eigenvalue weighted by Gasteiger charge is 2.50. The third-order valence-electron chi connectivity index (χ3n) is 5.55. The first-order chi connectivity index (χ1) is 14.4. The maximum atomic E-state index is 12.6. The van der Waals surface area contributed by atoms with Crippen LogP contribution in [0.15, 0.2) is 30.4 Å². The third kappa shape index (κ3) is 3.47. The topological polar surface area (TPSA) is 119 Å². The monoisotopic (exact) mass is 412 g/mol. The SMILES string of the molecule is C[C@@H](C(=O)OCC(=O)c1ccc2c(c1)NC(=O)CO2)N1C(=O)[C@H]2CC=CC[C@H]2C1=O. The summed E-state index contributed by atoms with van der Waals surface area (Å²) in [5.41, 5.74) is 0.590. The van der Waals surface area contributed by atoms with Crippen molar-refractivity contribution in [3.05, 3.63) is 35.9 Å². The zero-order chi connectivity index (χ0) is 21.4. The average molecular weight is 412 g/mol. The van der Waals surface area contributed by atoms with Gasteiger partial charge in [0.1, 0.15) is 11.8 Å². The molecular weight excluding hydrogens is 392 g/mol. The average Bonchev–Trinajstić information content (AvgIpc) is 3.01. The van der Waals surface area contributed by atoms with Gasteiger partial charge in [0.05, 0.1) is 17.5 Å². The fraction of sp³-hybridized carbons (Fsp3) is 0.381. The predicted molar refractivity (Wildman–Crippen MR) is 103 cm³/mol. The highest BCUT2D eigenvalue weighted by molar-refractivity contribution is 6.08. The fourth-order valence-corrected chi connectivity index (χ4v) is 3.91. The molecule has 1 fully saturated rings. The number of imide groups is 1. The number of ketones is 1. The number of hydrogen-bond donors (Lipinski definition) is 1. The van der Waals surface area contributed by atoms with Gasteiger partial charge in [-0.1, -0.05) is 12.2 Å². The first-order valence-corrected chi connectivity index (χ1v) is 9.65. The van der Waals surface area contributed by atoms with Gasteiger partial charge in [-0.05, 0) is 38.0 Å². The Morgan fingerprint density at radius 1 is 1.17 bits per heavy atom. The lowest BCUT2D eigenvalue weighted by Crippen LogP contribution is -2.44. The molecule has 156 valence electrons. The Kier molecular flexibility index (Phi) is 5.11. The van der Waals surface area contributed by atoms with E-state index < -0.39 is 36.2 Å². The molecule has 9 heteroatoms. The van der Waals surface area contributed by atoms with Gasteiger partial charge in [0, 0.05) is 5.56 Å². The van der Waals surface area contributed by atoms with E-state index in [-0.39, 0.29) is 29.9 Å². The minimum atomic E-state index is -1.11. The first kappa shape index (κ1) is 19.8. The van der Waals surface area contributed by atoms with E-state index in [9.17, 15) is 24.0 Å². The zero-order valence-corrected chi connectivity index (χ0v) is 16.3. The Labute approximate surface area is 172 Å². The molecule has 3 aliphatic rings. The van der Waals surface area contributed by atoms with Crippen molar-refractivity contribution in [1.29, 1.82) is 0 Å². The highest BCUT2D eigenvalue weighted by Crippen LogP contribution is 2.36. The fourth-order valence-electron chi connectivity index (χ4n) is 3.91. The van der Waals surface area contributed by atoms with E-state index in [1.165, 1.54) is 19.1 Å². The van der Waals surface area contributed by atoms with Crippen molar-refractivity contribution in [3.8, 4) is 5.75 Å². The molecule has 3 atom stereocenters. The molecule has 1 aromatic carbocycles. The number of rotatable bonds is 5. The van der Waals surface area contributed by atoms with Crippen LogP contribution in [0, 0.1) is 11.8 Å². The normalized spacial score (nSPS) is 23.2. The molecule has 1 saturated heterocycles. The molecule has 0 bridgehead atoms. The van der Waals surface area contributed by atoms with Crippen LogP contribution >= 0.6 is 0 Å². The summed E-state index contributed by atoms with van der Waals surface area (Å²) in [6, 6.07) is 3.38. The van der Waals surface area contributed by atoms with Crippen LogP contribution in [0.4, 0.5) is 5.69 Å². The third-order valence-corrected chi connectivity index (χ3v) is 5.55. The van der Waals surface area contributed by atoms with E-state index in [2.05, 4.69) is 5.32 Å². The number of allylic oxidation sites excluding steroid dienone is 2. The van der Waals surface area contributed by atoms with Gasteiger partial charge in [-0.2, -0.15) is 0 Å². The standard InChI is InChI=1S/C21H20N2O7/c1-11(23-19(26)13-4-2-3-5-14(13)20(23)27)21(28)30-9-16(24)12-6-7-17-15(8-12)22-18(25)10-29-17/h2-3,6-8,11,13-14H,4-5,9-10H2,1H3,(H,22,25)/t11-,13-,14+/m0/s1. The molecule has 9 nitrogen and oxygen atoms in total. The molecule has 0 aromatic heterocycles. The smallest absolute Gasteiger partial charge is 0.329 e. The van der Waals surface area contributed by atoms with E-state index in [4.69, 9.17) is 9.47 Å². The summed E-state index contributed by atoms with van der Waals surface area (Å²) in [6.07, 6.45) is 4.68. The van der Waals surface area contributed by atoms with Gasteiger partial charge in [-0.3, -0.25) is 24.1 Å². The summed E-state index contributed by atoms with van der Waals surface area (Å²) in [4.78, 5) is 62.3. The number of nitrogens with one attached hydrogen (secondary N) is 1. The molecule has 1 aromatic rings. The molecule has 4 rings (SSSR count). The maximum absolute atomic E-state index is 12.6. The predicted octanol–water partition coefficient (Wildman–Crippen LogP) is 1.08. The second kappa shape index (κ2) is 7.74. The quantitative estimate of drug-likeness (QED) is 0.333. The van der Waals surface area contributed by atoms with Crippen molar-refractivity contribution >= 4 is 35.2 Å². The molecule has 3 amide bonds. The summed E-state index contributed by atoms with van der Waals surface area (Å²) in [7, 11) is 0. The van der Waals surface area contributed by atoms with Gasteiger partial charge in [0.15, 0.2) is 19.0 Å². The van der Waals surface area contributed by atoms with Gasteiger partial charge in [0.25, 0.3) is 5.91 Å². The summed E-state index contributed by atoms with van der Waals surface area (Å²) in [5.74, 6) is -2.84. The molecule has 2 heterocycles. The molecule has 0 unspecified atom stereocenters. The van der Waals surface area contributed by atoms with Gasteiger partial charge in [-0.25, -0.2) is 4.79 Å². The van der Waals surface area contributed by atoms with E-state index in [1.54, 1.807) is 6.07 Å². The molecular formula is C21H20N2O7. The lowest BCUT2D eigenvalue weighted by Gasteiger charge is -2.21. The first-order valence-electron chi connectivity index (χ1n) is 9.65. The van der Waals surface area contributed by atoms with Gasteiger partial charge < -0.3 is 14.8 Å². The van der Waals surface area contributed by atoms with E-state index in [0.717, 1.165) is 4.90 Å². The number of Topliss-reactive ketones (excluding diaryl/α,β-unsaturated/α-hetero) is 1. The summed E-state index contributed by atoms with van der Waals surface area (Å²) in [5, 5.41) is 2.60. The zero-order valence-electron chi connectivity index (χ0n) is 16.3. The molecule has 0 radical (unpaired) electrons. The van der Waals surface area contributed by atoms with Crippen LogP contribution < -0.4 is 10.1 Å². The van der Waals surface area contributed by atoms with Gasteiger partial charge in [-0.15, -0.1) is 0 Å². The van der Waals surface area contributed by atoms with Crippen LogP contribution in [0.3, 0.4) is 0 Å². The lowest BCUT2D eigenvalue weighted by atomic mass is 9.85. The second-order valence-electron chi connectivity index (χ2n) is 7.46. The Balaban J connectivity index is 1.38. The number of ether oxygens (including phenoxy) is 2. The van der Waals surface area contributed by atoms with Crippen LogP contribution in [0.2, 0.25) is 0 Å². The van der Waals surface area contributed by atoms with Crippen LogP contribution in [-0.2, 0) is 23.9 Å². The molecule has 0 spiro atoms. The number of fused-ring (bicyclic) bond motifs is 2.